The Labute approximate surface area is 67.7 Å². The number of carboxylic acid groups (broad SMARTS) is 1. The van der Waals surface area contributed by atoms with Gasteiger partial charge in [0.15, 0.2) is 5.54 Å². The van der Waals surface area contributed by atoms with Gasteiger partial charge >= 0.3 is 5.97 Å². The Balaban J connectivity index is 2.83. The van der Waals surface area contributed by atoms with Gasteiger partial charge in [0, 0.05) is 5.75 Å². The van der Waals surface area contributed by atoms with E-state index in [1.54, 1.807) is 0 Å². The molecule has 0 aromatic heterocycles. The third kappa shape index (κ3) is 1.18. The SMILES string of the molecule is C[C@@]1(C(=O)O)CSCN1N=O. The predicted molar refractivity (Wildman–Crippen MR) is 41.0 cm³/mol. The average Bonchev–Trinajstić information content (AvgIpc) is 2.32. The molecule has 6 heteroatoms. The molecule has 1 heterocycles. The van der Waals surface area contributed by atoms with Crippen molar-refractivity contribution < 1.29 is 9.90 Å². The first-order chi connectivity index (χ1) is 5.11. The van der Waals surface area contributed by atoms with Gasteiger partial charge in [0.25, 0.3) is 0 Å². The Morgan fingerprint density at radius 1 is 1.82 bits per heavy atom. The van der Waals surface area contributed by atoms with Crippen molar-refractivity contribution >= 4 is 17.7 Å². The molecular weight excluding hydrogens is 168 g/mol. The molecule has 1 aliphatic rings. The molecule has 0 saturated carbocycles. The second-order valence-corrected chi connectivity index (χ2v) is 3.49. The van der Waals surface area contributed by atoms with Gasteiger partial charge in [-0.1, -0.05) is 0 Å². The Kier molecular flexibility index (Phi) is 2.03. The van der Waals surface area contributed by atoms with E-state index in [1.165, 1.54) is 18.7 Å². The normalized spacial score (nSPS) is 30.5. The highest BCUT2D eigenvalue weighted by Gasteiger charge is 2.44. The lowest BCUT2D eigenvalue weighted by atomic mass is 10.1. The third-order valence-electron chi connectivity index (χ3n) is 1.73. The van der Waals surface area contributed by atoms with E-state index in [0.29, 0.717) is 11.6 Å². The number of rotatable bonds is 2. The van der Waals surface area contributed by atoms with E-state index in [4.69, 9.17) is 5.11 Å². The Morgan fingerprint density at radius 2 is 2.45 bits per heavy atom. The zero-order valence-corrected chi connectivity index (χ0v) is 6.80. The smallest absolute Gasteiger partial charge is 0.331 e. The van der Waals surface area contributed by atoms with Crippen molar-refractivity contribution in [3.05, 3.63) is 4.91 Å². The number of hydrogen-bond acceptors (Lipinski definition) is 4. The van der Waals surface area contributed by atoms with Crippen LogP contribution in [0.3, 0.4) is 0 Å². The lowest BCUT2D eigenvalue weighted by Crippen LogP contribution is -2.47. The molecule has 0 spiro atoms. The highest BCUT2D eigenvalue weighted by molar-refractivity contribution is 7.99. The van der Waals surface area contributed by atoms with Gasteiger partial charge in [0.2, 0.25) is 0 Å². The molecule has 1 atom stereocenters. The van der Waals surface area contributed by atoms with Crippen molar-refractivity contribution in [3.8, 4) is 0 Å². The molecule has 1 saturated heterocycles. The summed E-state index contributed by atoms with van der Waals surface area (Å²) in [5, 5.41) is 12.4. The van der Waals surface area contributed by atoms with E-state index in [2.05, 4.69) is 5.29 Å². The summed E-state index contributed by atoms with van der Waals surface area (Å²) in [5.41, 5.74) is -1.10. The molecule has 1 N–H and O–H groups in total. The van der Waals surface area contributed by atoms with Gasteiger partial charge in [-0.25, -0.2) is 9.80 Å². The molecule has 1 rings (SSSR count). The van der Waals surface area contributed by atoms with Gasteiger partial charge < -0.3 is 5.11 Å². The van der Waals surface area contributed by atoms with Crippen LogP contribution in [0.15, 0.2) is 5.29 Å². The minimum atomic E-state index is -1.10. The van der Waals surface area contributed by atoms with Gasteiger partial charge in [-0.15, -0.1) is 16.7 Å². The summed E-state index contributed by atoms with van der Waals surface area (Å²) in [6.07, 6.45) is 0. The van der Waals surface area contributed by atoms with E-state index >= 15 is 0 Å². The molecule has 0 aliphatic carbocycles. The fourth-order valence-corrected chi connectivity index (χ4v) is 2.10. The van der Waals surface area contributed by atoms with Crippen LogP contribution in [0.5, 0.6) is 0 Å². The van der Waals surface area contributed by atoms with Gasteiger partial charge in [-0.05, 0) is 6.92 Å². The number of carbonyl (C=O) groups is 1. The Morgan fingerprint density at radius 3 is 2.82 bits per heavy atom. The molecular formula is C5H8N2O3S. The number of hydrogen-bond donors (Lipinski definition) is 1. The Hall–Kier alpha value is -0.780. The van der Waals surface area contributed by atoms with Gasteiger partial charge in [0.05, 0.1) is 11.2 Å². The first-order valence-electron chi connectivity index (χ1n) is 3.03. The van der Waals surface area contributed by atoms with E-state index in [1.807, 2.05) is 0 Å². The molecule has 0 unspecified atom stereocenters. The highest BCUT2D eigenvalue weighted by atomic mass is 32.2. The number of aliphatic carboxylic acids is 1. The first-order valence-corrected chi connectivity index (χ1v) is 4.19. The van der Waals surface area contributed by atoms with Crippen molar-refractivity contribution in [1.29, 1.82) is 0 Å². The van der Waals surface area contributed by atoms with Crippen LogP contribution in [-0.2, 0) is 4.79 Å². The maximum atomic E-state index is 10.6. The fraction of sp³-hybridized carbons (Fsp3) is 0.800. The lowest BCUT2D eigenvalue weighted by Gasteiger charge is -2.23. The quantitative estimate of drug-likeness (QED) is 0.621. The molecule has 0 bridgehead atoms. The van der Waals surface area contributed by atoms with Gasteiger partial charge in [-0.3, -0.25) is 0 Å². The van der Waals surface area contributed by atoms with Crippen LogP contribution < -0.4 is 0 Å². The largest absolute Gasteiger partial charge is 0.479 e. The van der Waals surface area contributed by atoms with Crippen LogP contribution in [-0.4, -0.2) is 33.3 Å². The van der Waals surface area contributed by atoms with Crippen molar-refractivity contribution in [2.75, 3.05) is 11.6 Å². The first kappa shape index (κ1) is 8.32. The van der Waals surface area contributed by atoms with Crippen LogP contribution in [0.25, 0.3) is 0 Å². The number of nitroso groups, excluding NO2 is 1. The van der Waals surface area contributed by atoms with Gasteiger partial charge in [0.1, 0.15) is 0 Å². The van der Waals surface area contributed by atoms with Crippen LogP contribution >= 0.6 is 11.8 Å². The molecule has 5 nitrogen and oxygen atoms in total. The molecule has 0 radical (unpaired) electrons. The molecule has 0 aromatic rings. The number of thioether (sulfide) groups is 1. The average molecular weight is 176 g/mol. The van der Waals surface area contributed by atoms with Crippen molar-refractivity contribution in [2.24, 2.45) is 5.29 Å². The van der Waals surface area contributed by atoms with Crippen molar-refractivity contribution in [1.82, 2.24) is 5.01 Å². The summed E-state index contributed by atoms with van der Waals surface area (Å²) in [7, 11) is 0. The minimum Gasteiger partial charge on any atom is -0.479 e. The second-order valence-electron chi connectivity index (χ2n) is 2.54. The van der Waals surface area contributed by atoms with Gasteiger partial charge in [-0.2, -0.15) is 0 Å². The zero-order chi connectivity index (χ0) is 8.48. The molecule has 1 fully saturated rings. The second kappa shape index (κ2) is 2.69. The van der Waals surface area contributed by atoms with Crippen LogP contribution in [0, 0.1) is 4.91 Å². The van der Waals surface area contributed by atoms with Crippen molar-refractivity contribution in [3.63, 3.8) is 0 Å². The summed E-state index contributed by atoms with van der Waals surface area (Å²) < 4.78 is 0. The summed E-state index contributed by atoms with van der Waals surface area (Å²) in [4.78, 5) is 20.8. The topological polar surface area (TPSA) is 70.0 Å². The van der Waals surface area contributed by atoms with E-state index in [0.717, 1.165) is 5.01 Å². The fourth-order valence-electron chi connectivity index (χ4n) is 0.834. The van der Waals surface area contributed by atoms with Crippen molar-refractivity contribution in [2.45, 2.75) is 12.5 Å². The number of nitrogens with zero attached hydrogens (tertiary/aromatic N) is 2. The van der Waals surface area contributed by atoms with Crippen LogP contribution in [0.1, 0.15) is 6.92 Å². The third-order valence-corrected chi connectivity index (χ3v) is 2.92. The van der Waals surface area contributed by atoms with Crippen LogP contribution in [0.4, 0.5) is 0 Å². The molecule has 0 aromatic carbocycles. The van der Waals surface area contributed by atoms with E-state index in [9.17, 15) is 9.70 Å². The summed E-state index contributed by atoms with van der Waals surface area (Å²) >= 11 is 1.39. The summed E-state index contributed by atoms with van der Waals surface area (Å²) in [6.45, 7) is 1.50. The maximum Gasteiger partial charge on any atom is 0.331 e. The maximum absolute atomic E-state index is 10.6. The summed E-state index contributed by atoms with van der Waals surface area (Å²) in [5.74, 6) is -0.220. The monoisotopic (exact) mass is 176 g/mol. The lowest BCUT2D eigenvalue weighted by molar-refractivity contribution is -0.147. The predicted octanol–water partition coefficient (Wildman–Crippen LogP) is 0.517. The molecule has 11 heavy (non-hydrogen) atoms. The summed E-state index contributed by atoms with van der Waals surface area (Å²) in [6, 6.07) is 0. The minimum absolute atomic E-state index is 0.367. The van der Waals surface area contributed by atoms with Crippen LogP contribution in [0.2, 0.25) is 0 Å². The zero-order valence-electron chi connectivity index (χ0n) is 5.98. The van der Waals surface area contributed by atoms with E-state index in [-0.39, 0.29) is 0 Å². The molecule has 0 amide bonds. The Bertz CT molecular complexity index is 198. The number of carboxylic acids is 1. The van der Waals surface area contributed by atoms with E-state index < -0.39 is 11.5 Å². The molecule has 1 aliphatic heterocycles. The highest BCUT2D eigenvalue weighted by Crippen LogP contribution is 2.30. The molecule has 62 valence electrons. The standard InChI is InChI=1S/C5H8N2O3S/c1-5(4(8)9)2-11-3-7(5)6-10/h2-3H2,1H3,(H,8,9)/t5-/m0/s1.